The quantitative estimate of drug-likeness (QED) is 0.792. The number of para-hydroxylation sites is 1. The lowest BCUT2D eigenvalue weighted by molar-refractivity contribution is 0.193. The number of fused-ring (bicyclic) bond motifs is 2. The summed E-state index contributed by atoms with van der Waals surface area (Å²) in [6, 6.07) is 9.13. The zero-order valence-electron chi connectivity index (χ0n) is 12.9. The highest BCUT2D eigenvalue weighted by Gasteiger charge is 2.59. The lowest BCUT2D eigenvalue weighted by Gasteiger charge is -2.34. The van der Waals surface area contributed by atoms with Gasteiger partial charge in [-0.2, -0.15) is 5.10 Å². The fourth-order valence-electron chi connectivity index (χ4n) is 3.90. The third-order valence-corrected chi connectivity index (χ3v) is 5.84. The van der Waals surface area contributed by atoms with Gasteiger partial charge in [-0.3, -0.25) is 0 Å². The van der Waals surface area contributed by atoms with Gasteiger partial charge in [-0.1, -0.05) is 39.0 Å². The Morgan fingerprint density at radius 2 is 1.95 bits per heavy atom. The van der Waals surface area contributed by atoms with E-state index < -0.39 is 0 Å². The molecule has 0 saturated heterocycles. The molecular weight excluding hydrogens is 262 g/mol. The number of rotatable bonds is 2. The zero-order chi connectivity index (χ0) is 15.1. The van der Waals surface area contributed by atoms with E-state index in [0.29, 0.717) is 5.92 Å². The van der Waals surface area contributed by atoms with E-state index in [1.54, 1.807) is 0 Å². The Labute approximate surface area is 126 Å². The van der Waals surface area contributed by atoms with E-state index in [0.717, 1.165) is 17.8 Å². The highest BCUT2D eigenvalue weighted by Crippen LogP contribution is 2.63. The van der Waals surface area contributed by atoms with Gasteiger partial charge in [0.1, 0.15) is 0 Å². The second-order valence-electron chi connectivity index (χ2n) is 6.98. The summed E-state index contributed by atoms with van der Waals surface area (Å²) in [5, 5.41) is 7.21. The number of nitrogens with zero attached hydrogens (tertiary/aromatic N) is 1. The molecule has 2 bridgehead atoms. The van der Waals surface area contributed by atoms with Crippen molar-refractivity contribution in [2.75, 3.05) is 5.32 Å². The van der Waals surface area contributed by atoms with Crippen molar-refractivity contribution in [3.8, 4) is 0 Å². The van der Waals surface area contributed by atoms with Crippen LogP contribution in [0, 0.1) is 16.7 Å². The van der Waals surface area contributed by atoms with Crippen molar-refractivity contribution in [3.05, 3.63) is 30.3 Å². The first kappa shape index (κ1) is 14.1. The Morgan fingerprint density at radius 3 is 2.52 bits per heavy atom. The highest BCUT2D eigenvalue weighted by atomic mass is 16.2. The van der Waals surface area contributed by atoms with Gasteiger partial charge in [-0.15, -0.1) is 0 Å². The molecule has 0 aromatic heterocycles. The number of urea groups is 1. The average molecular weight is 285 g/mol. The smallest absolute Gasteiger partial charge is 0.307 e. The molecule has 2 amide bonds. The van der Waals surface area contributed by atoms with Gasteiger partial charge < -0.3 is 5.32 Å². The first-order valence-corrected chi connectivity index (χ1v) is 7.62. The monoisotopic (exact) mass is 285 g/mol. The molecule has 4 nitrogen and oxygen atoms in total. The maximum atomic E-state index is 11.9. The topological polar surface area (TPSA) is 53.5 Å². The molecular formula is C17H23N3O. The van der Waals surface area contributed by atoms with Crippen LogP contribution in [0.15, 0.2) is 35.4 Å². The Kier molecular flexibility index (Phi) is 3.27. The summed E-state index contributed by atoms with van der Waals surface area (Å²) < 4.78 is 0. The SMILES string of the molecule is CC1(C)[C@@H]2CC[C@@]1(C)/C(=N/NC(=O)Nc1ccccc1)C2. The molecule has 0 heterocycles. The standard InChI is InChI=1S/C17H23N3O/c1-16(2)12-9-10-17(16,3)14(11-12)19-20-15(21)18-13-7-5-4-6-8-13/h4-8,12H,9-11H2,1-3H3,(H2,18,20,21)/b19-14+/t12-,17+/m1/s1. The Bertz CT molecular complexity index is 579. The first-order chi connectivity index (χ1) is 9.93. The van der Waals surface area contributed by atoms with Crippen LogP contribution in [0.25, 0.3) is 0 Å². The van der Waals surface area contributed by atoms with Gasteiger partial charge in [0, 0.05) is 16.8 Å². The van der Waals surface area contributed by atoms with E-state index in [4.69, 9.17) is 0 Å². The molecule has 112 valence electrons. The number of hydrazone groups is 1. The predicted octanol–water partition coefficient (Wildman–Crippen LogP) is 4.01. The molecule has 2 aliphatic carbocycles. The Balaban J connectivity index is 1.66. The maximum absolute atomic E-state index is 11.9. The third kappa shape index (κ3) is 2.23. The van der Waals surface area contributed by atoms with Crippen molar-refractivity contribution in [1.29, 1.82) is 0 Å². The number of benzene rings is 1. The number of anilines is 1. The van der Waals surface area contributed by atoms with Crippen LogP contribution in [0.2, 0.25) is 0 Å². The van der Waals surface area contributed by atoms with Crippen LogP contribution < -0.4 is 10.7 Å². The summed E-state index contributed by atoms with van der Waals surface area (Å²) in [5.41, 5.74) is 4.98. The second kappa shape index (κ2) is 4.86. The van der Waals surface area contributed by atoms with Crippen LogP contribution >= 0.6 is 0 Å². The number of hydrogen-bond acceptors (Lipinski definition) is 2. The highest BCUT2D eigenvalue weighted by molar-refractivity contribution is 5.96. The van der Waals surface area contributed by atoms with Crippen molar-refractivity contribution in [2.24, 2.45) is 21.8 Å². The van der Waals surface area contributed by atoms with E-state index in [1.165, 1.54) is 12.8 Å². The molecule has 3 rings (SSSR count). The van der Waals surface area contributed by atoms with Gasteiger partial charge in [0.25, 0.3) is 0 Å². The summed E-state index contributed by atoms with van der Waals surface area (Å²) >= 11 is 0. The molecule has 2 atom stereocenters. The molecule has 2 fully saturated rings. The van der Waals surface area contributed by atoms with Gasteiger partial charge in [-0.05, 0) is 42.7 Å². The predicted molar refractivity (Wildman–Crippen MR) is 85.3 cm³/mol. The summed E-state index contributed by atoms with van der Waals surface area (Å²) in [6.45, 7) is 6.95. The number of carbonyl (C=O) groups is 1. The molecule has 1 aromatic rings. The Morgan fingerprint density at radius 1 is 1.24 bits per heavy atom. The minimum absolute atomic E-state index is 0.123. The minimum Gasteiger partial charge on any atom is -0.307 e. The Hall–Kier alpha value is -1.84. The van der Waals surface area contributed by atoms with Crippen LogP contribution in [-0.2, 0) is 0 Å². The van der Waals surface area contributed by atoms with Crippen LogP contribution in [-0.4, -0.2) is 11.7 Å². The van der Waals surface area contributed by atoms with Crippen molar-refractivity contribution in [3.63, 3.8) is 0 Å². The number of hydrogen-bond donors (Lipinski definition) is 2. The minimum atomic E-state index is -0.280. The molecule has 2 saturated carbocycles. The third-order valence-electron chi connectivity index (χ3n) is 5.84. The maximum Gasteiger partial charge on any atom is 0.339 e. The van der Waals surface area contributed by atoms with Crippen molar-refractivity contribution >= 4 is 17.4 Å². The molecule has 0 radical (unpaired) electrons. The lowest BCUT2D eigenvalue weighted by Crippen LogP contribution is -2.35. The summed E-state index contributed by atoms with van der Waals surface area (Å²) in [6.07, 6.45) is 3.46. The zero-order valence-corrected chi connectivity index (χ0v) is 12.9. The fraction of sp³-hybridized carbons (Fsp3) is 0.529. The molecule has 0 aliphatic heterocycles. The van der Waals surface area contributed by atoms with Gasteiger partial charge in [-0.25, -0.2) is 10.2 Å². The molecule has 0 unspecified atom stereocenters. The van der Waals surface area contributed by atoms with E-state index in [-0.39, 0.29) is 16.9 Å². The van der Waals surface area contributed by atoms with Gasteiger partial charge >= 0.3 is 6.03 Å². The van der Waals surface area contributed by atoms with E-state index in [1.807, 2.05) is 30.3 Å². The molecule has 2 aliphatic rings. The number of nitrogens with one attached hydrogen (secondary N) is 2. The molecule has 1 aromatic carbocycles. The number of amides is 2. The van der Waals surface area contributed by atoms with Crippen LogP contribution in [0.5, 0.6) is 0 Å². The largest absolute Gasteiger partial charge is 0.339 e. The molecule has 2 N–H and O–H groups in total. The normalized spacial score (nSPS) is 31.4. The van der Waals surface area contributed by atoms with Crippen LogP contribution in [0.3, 0.4) is 0 Å². The van der Waals surface area contributed by atoms with E-state index >= 15 is 0 Å². The average Bonchev–Trinajstić information content (AvgIpc) is 2.79. The van der Waals surface area contributed by atoms with E-state index in [2.05, 4.69) is 36.6 Å². The first-order valence-electron chi connectivity index (χ1n) is 7.62. The summed E-state index contributed by atoms with van der Waals surface area (Å²) in [4.78, 5) is 11.9. The molecule has 0 spiro atoms. The second-order valence-corrected chi connectivity index (χ2v) is 6.98. The van der Waals surface area contributed by atoms with Crippen molar-refractivity contribution in [1.82, 2.24) is 5.43 Å². The van der Waals surface area contributed by atoms with Crippen molar-refractivity contribution in [2.45, 2.75) is 40.0 Å². The van der Waals surface area contributed by atoms with Crippen LogP contribution in [0.4, 0.5) is 10.5 Å². The lowest BCUT2D eigenvalue weighted by atomic mass is 9.70. The summed E-state index contributed by atoms with van der Waals surface area (Å²) in [7, 11) is 0. The van der Waals surface area contributed by atoms with E-state index in [9.17, 15) is 4.79 Å². The summed E-state index contributed by atoms with van der Waals surface area (Å²) in [5.74, 6) is 0.695. The van der Waals surface area contributed by atoms with Crippen LogP contribution in [0.1, 0.15) is 40.0 Å². The van der Waals surface area contributed by atoms with Crippen molar-refractivity contribution < 1.29 is 4.79 Å². The molecule has 21 heavy (non-hydrogen) atoms. The van der Waals surface area contributed by atoms with Gasteiger partial charge in [0.05, 0.1) is 0 Å². The van der Waals surface area contributed by atoms with Gasteiger partial charge in [0.2, 0.25) is 0 Å². The number of carbonyl (C=O) groups excluding carboxylic acids is 1. The molecule has 4 heteroatoms. The fourth-order valence-corrected chi connectivity index (χ4v) is 3.90. The van der Waals surface area contributed by atoms with Gasteiger partial charge in [0.15, 0.2) is 0 Å².